The van der Waals surface area contributed by atoms with E-state index in [0.29, 0.717) is 41.2 Å². The van der Waals surface area contributed by atoms with E-state index in [1.165, 1.54) is 18.4 Å². The predicted octanol–water partition coefficient (Wildman–Crippen LogP) is 5.18. The maximum Gasteiger partial charge on any atom is 0.263 e. The molecule has 4 rings (SSSR count). The molecule has 1 saturated heterocycles. The summed E-state index contributed by atoms with van der Waals surface area (Å²) in [5.41, 5.74) is 1.22. The largest absolute Gasteiger partial charge is 0.496 e. The SMILES string of the molecule is CCOc1ccc2nc(N(CC3CCCO3)C(=O)c3cc(Cl)ccc3OC)sc2c1. The van der Waals surface area contributed by atoms with Crippen LogP contribution in [0.15, 0.2) is 36.4 Å². The van der Waals surface area contributed by atoms with E-state index in [-0.39, 0.29) is 12.0 Å². The second kappa shape index (κ2) is 9.20. The number of fused-ring (bicyclic) bond motifs is 1. The zero-order valence-electron chi connectivity index (χ0n) is 16.9. The maximum absolute atomic E-state index is 13.6. The minimum Gasteiger partial charge on any atom is -0.496 e. The van der Waals surface area contributed by atoms with Crippen molar-refractivity contribution in [1.82, 2.24) is 4.98 Å². The van der Waals surface area contributed by atoms with Gasteiger partial charge in [0.05, 0.1) is 42.1 Å². The number of halogens is 1. The molecule has 3 aromatic rings. The minimum atomic E-state index is -0.214. The summed E-state index contributed by atoms with van der Waals surface area (Å²) in [6, 6.07) is 10.8. The molecule has 1 aromatic heterocycles. The highest BCUT2D eigenvalue weighted by atomic mass is 35.5. The molecule has 0 N–H and O–H groups in total. The molecule has 30 heavy (non-hydrogen) atoms. The van der Waals surface area contributed by atoms with Crippen molar-refractivity contribution in [3.8, 4) is 11.5 Å². The summed E-state index contributed by atoms with van der Waals surface area (Å²) in [4.78, 5) is 20.0. The van der Waals surface area contributed by atoms with Crippen molar-refractivity contribution in [3.63, 3.8) is 0 Å². The standard InChI is InChI=1S/C22H23ClN2O4S/c1-3-28-15-7-8-18-20(12-15)30-22(24-18)25(13-16-5-4-10-29-16)21(26)17-11-14(23)6-9-19(17)27-2/h6-9,11-12,16H,3-5,10,13H2,1-2H3. The smallest absolute Gasteiger partial charge is 0.263 e. The monoisotopic (exact) mass is 446 g/mol. The first kappa shape index (κ1) is 20.9. The van der Waals surface area contributed by atoms with Crippen LogP contribution in [0.25, 0.3) is 10.2 Å². The van der Waals surface area contributed by atoms with E-state index in [1.807, 2.05) is 25.1 Å². The second-order valence-electron chi connectivity index (χ2n) is 6.95. The average Bonchev–Trinajstić information content (AvgIpc) is 3.41. The highest BCUT2D eigenvalue weighted by Crippen LogP contribution is 2.34. The van der Waals surface area contributed by atoms with Gasteiger partial charge >= 0.3 is 0 Å². The average molecular weight is 447 g/mol. The third kappa shape index (κ3) is 4.38. The van der Waals surface area contributed by atoms with Gasteiger partial charge in [-0.05, 0) is 56.2 Å². The van der Waals surface area contributed by atoms with Crippen LogP contribution in [0.3, 0.4) is 0 Å². The Morgan fingerprint density at radius 3 is 2.93 bits per heavy atom. The lowest BCUT2D eigenvalue weighted by Gasteiger charge is -2.24. The molecular formula is C22H23ClN2O4S. The Hall–Kier alpha value is -2.35. The first-order chi connectivity index (χ1) is 14.6. The molecule has 1 aliphatic rings. The third-order valence-electron chi connectivity index (χ3n) is 4.94. The minimum absolute atomic E-state index is 0.0230. The Morgan fingerprint density at radius 1 is 1.33 bits per heavy atom. The zero-order valence-corrected chi connectivity index (χ0v) is 18.5. The Labute approximate surface area is 184 Å². The van der Waals surface area contributed by atoms with Crippen LogP contribution in [0.1, 0.15) is 30.1 Å². The molecule has 2 aromatic carbocycles. The normalized spacial score (nSPS) is 16.0. The van der Waals surface area contributed by atoms with Gasteiger partial charge in [0.2, 0.25) is 0 Å². The van der Waals surface area contributed by atoms with Crippen LogP contribution in [0.5, 0.6) is 11.5 Å². The summed E-state index contributed by atoms with van der Waals surface area (Å²) in [6.45, 7) is 3.68. The van der Waals surface area contributed by atoms with Crippen molar-refractivity contribution >= 4 is 44.2 Å². The Bertz CT molecular complexity index is 1050. The molecule has 1 amide bonds. The number of carbonyl (C=O) groups is 1. The Kier molecular flexibility index (Phi) is 6.41. The summed E-state index contributed by atoms with van der Waals surface area (Å²) < 4.78 is 17.8. The number of benzene rings is 2. The van der Waals surface area contributed by atoms with Gasteiger partial charge in [-0.25, -0.2) is 4.98 Å². The van der Waals surface area contributed by atoms with Crippen molar-refractivity contribution in [2.45, 2.75) is 25.9 Å². The molecule has 8 heteroatoms. The predicted molar refractivity (Wildman–Crippen MR) is 119 cm³/mol. The number of methoxy groups -OCH3 is 1. The maximum atomic E-state index is 13.6. The molecule has 0 radical (unpaired) electrons. The fraction of sp³-hybridized carbons (Fsp3) is 0.364. The molecule has 1 atom stereocenters. The molecule has 6 nitrogen and oxygen atoms in total. The van der Waals surface area contributed by atoms with Gasteiger partial charge in [0.25, 0.3) is 5.91 Å². The van der Waals surface area contributed by atoms with E-state index >= 15 is 0 Å². The quantitative estimate of drug-likeness (QED) is 0.500. The topological polar surface area (TPSA) is 60.9 Å². The number of rotatable bonds is 7. The van der Waals surface area contributed by atoms with E-state index in [1.54, 1.807) is 23.1 Å². The highest BCUT2D eigenvalue weighted by molar-refractivity contribution is 7.22. The lowest BCUT2D eigenvalue weighted by Crippen LogP contribution is -2.37. The summed E-state index contributed by atoms with van der Waals surface area (Å²) >= 11 is 7.63. The van der Waals surface area contributed by atoms with E-state index < -0.39 is 0 Å². The first-order valence-corrected chi connectivity index (χ1v) is 11.1. The molecule has 0 bridgehead atoms. The number of anilines is 1. The lowest BCUT2D eigenvalue weighted by atomic mass is 10.1. The second-order valence-corrected chi connectivity index (χ2v) is 8.40. The zero-order chi connectivity index (χ0) is 21.1. The molecule has 1 aliphatic heterocycles. The van der Waals surface area contributed by atoms with Gasteiger partial charge in [-0.3, -0.25) is 9.69 Å². The fourth-order valence-electron chi connectivity index (χ4n) is 3.50. The van der Waals surface area contributed by atoms with Gasteiger partial charge in [-0.2, -0.15) is 0 Å². The molecule has 1 unspecified atom stereocenters. The number of hydrogen-bond acceptors (Lipinski definition) is 6. The first-order valence-electron chi connectivity index (χ1n) is 9.89. The lowest BCUT2D eigenvalue weighted by molar-refractivity contribution is 0.0915. The van der Waals surface area contributed by atoms with Crippen LogP contribution in [0, 0.1) is 0 Å². The molecule has 158 valence electrons. The van der Waals surface area contributed by atoms with Crippen LogP contribution >= 0.6 is 22.9 Å². The van der Waals surface area contributed by atoms with Gasteiger partial charge in [-0.15, -0.1) is 0 Å². The van der Waals surface area contributed by atoms with Gasteiger partial charge in [0.1, 0.15) is 11.5 Å². The molecular weight excluding hydrogens is 424 g/mol. The molecule has 0 aliphatic carbocycles. The molecule has 0 spiro atoms. The number of ether oxygens (including phenoxy) is 3. The van der Waals surface area contributed by atoms with Crippen molar-refractivity contribution in [1.29, 1.82) is 0 Å². The van der Waals surface area contributed by atoms with E-state index in [9.17, 15) is 4.79 Å². The number of nitrogens with zero attached hydrogens (tertiary/aromatic N) is 2. The number of aromatic nitrogens is 1. The van der Waals surface area contributed by atoms with E-state index in [4.69, 9.17) is 30.8 Å². The van der Waals surface area contributed by atoms with E-state index in [2.05, 4.69) is 0 Å². The van der Waals surface area contributed by atoms with Crippen LogP contribution in [0.4, 0.5) is 5.13 Å². The van der Waals surface area contributed by atoms with Crippen LogP contribution in [-0.2, 0) is 4.74 Å². The van der Waals surface area contributed by atoms with Crippen molar-refractivity contribution in [2.75, 3.05) is 31.8 Å². The van der Waals surface area contributed by atoms with Crippen molar-refractivity contribution in [3.05, 3.63) is 47.0 Å². The van der Waals surface area contributed by atoms with E-state index in [0.717, 1.165) is 28.8 Å². The summed E-state index contributed by atoms with van der Waals surface area (Å²) in [6.07, 6.45) is 1.88. The van der Waals surface area contributed by atoms with Gasteiger partial charge in [0.15, 0.2) is 5.13 Å². The van der Waals surface area contributed by atoms with Crippen LogP contribution in [-0.4, -0.2) is 43.9 Å². The van der Waals surface area contributed by atoms with Crippen LogP contribution < -0.4 is 14.4 Å². The number of amides is 1. The van der Waals surface area contributed by atoms with Gasteiger partial charge in [-0.1, -0.05) is 22.9 Å². The summed E-state index contributed by atoms with van der Waals surface area (Å²) in [5.74, 6) is 1.05. The number of carbonyl (C=O) groups excluding carboxylic acids is 1. The van der Waals surface area contributed by atoms with Crippen molar-refractivity contribution < 1.29 is 19.0 Å². The van der Waals surface area contributed by atoms with Gasteiger partial charge in [0, 0.05) is 11.6 Å². The van der Waals surface area contributed by atoms with Gasteiger partial charge < -0.3 is 14.2 Å². The third-order valence-corrected chi connectivity index (χ3v) is 6.21. The molecule has 2 heterocycles. The fourth-order valence-corrected chi connectivity index (χ4v) is 4.67. The molecule has 0 saturated carbocycles. The summed E-state index contributed by atoms with van der Waals surface area (Å²) in [5, 5.41) is 1.09. The number of thiazole rings is 1. The Balaban J connectivity index is 1.73. The molecule has 1 fully saturated rings. The summed E-state index contributed by atoms with van der Waals surface area (Å²) in [7, 11) is 1.54. The highest BCUT2D eigenvalue weighted by Gasteiger charge is 2.29. The van der Waals surface area contributed by atoms with Crippen LogP contribution in [0.2, 0.25) is 5.02 Å². The van der Waals surface area contributed by atoms with Crippen molar-refractivity contribution in [2.24, 2.45) is 0 Å². The Morgan fingerprint density at radius 2 is 2.20 bits per heavy atom. The number of hydrogen-bond donors (Lipinski definition) is 0.